The Hall–Kier alpha value is -3.57. The van der Waals surface area contributed by atoms with Gasteiger partial charge in [0.2, 0.25) is 5.43 Å². The molecule has 0 amide bonds. The number of piperazine rings is 1. The van der Waals surface area contributed by atoms with Gasteiger partial charge >= 0.3 is 5.97 Å². The molecule has 0 aliphatic carbocycles. The number of nitrogens with one attached hydrogen (secondary N) is 1. The Labute approximate surface area is 203 Å². The molecule has 2 aromatic carbocycles. The number of fused-ring (bicyclic) bond motifs is 2. The molecule has 4 aromatic rings. The van der Waals surface area contributed by atoms with Gasteiger partial charge in [-0.15, -0.1) is 0 Å². The molecular weight excluding hydrogens is 476 g/mol. The van der Waals surface area contributed by atoms with Crippen molar-refractivity contribution in [1.29, 1.82) is 0 Å². The van der Waals surface area contributed by atoms with E-state index in [1.165, 1.54) is 29.7 Å². The number of thiazole rings is 1. The van der Waals surface area contributed by atoms with Gasteiger partial charge in [-0.3, -0.25) is 9.69 Å². The van der Waals surface area contributed by atoms with Crippen LogP contribution in [0.2, 0.25) is 0 Å². The van der Waals surface area contributed by atoms with Crippen LogP contribution >= 0.6 is 11.3 Å². The fraction of sp³-hybridized carbons (Fsp3) is 0.292. The molecule has 2 aromatic heterocycles. The van der Waals surface area contributed by atoms with E-state index >= 15 is 4.39 Å². The van der Waals surface area contributed by atoms with E-state index in [9.17, 15) is 19.1 Å². The second kappa shape index (κ2) is 9.23. The number of aromatic nitrogens is 2. The zero-order chi connectivity index (χ0) is 24.7. The van der Waals surface area contributed by atoms with Crippen LogP contribution in [0.4, 0.5) is 19.6 Å². The van der Waals surface area contributed by atoms with E-state index in [-0.39, 0.29) is 16.8 Å². The van der Waals surface area contributed by atoms with E-state index in [4.69, 9.17) is 0 Å². The third kappa shape index (κ3) is 4.44. The highest BCUT2D eigenvalue weighted by atomic mass is 32.1. The van der Waals surface area contributed by atoms with E-state index in [0.717, 1.165) is 16.3 Å². The third-order valence-electron chi connectivity index (χ3n) is 6.24. The van der Waals surface area contributed by atoms with Crippen molar-refractivity contribution >= 4 is 49.2 Å². The van der Waals surface area contributed by atoms with Crippen LogP contribution in [0.5, 0.6) is 0 Å². The smallest absolute Gasteiger partial charge is 0.341 e. The predicted octanol–water partition coefficient (Wildman–Crippen LogP) is 3.80. The molecule has 0 unspecified atom stereocenters. The molecule has 182 valence electrons. The van der Waals surface area contributed by atoms with Gasteiger partial charge in [-0.2, -0.15) is 0 Å². The number of aryl methyl sites for hydroxylation is 1. The number of halogens is 2. The molecule has 8 nitrogen and oxygen atoms in total. The summed E-state index contributed by atoms with van der Waals surface area (Å²) in [6, 6.07) is 7.30. The SMILES string of the molecule is CCn1cc(C(=O)O)c(=O)c2cc(F)c(N3CCN(CNc4nc5ccc(F)cc5s4)CC3)cc21. The number of rotatable bonds is 6. The van der Waals surface area contributed by atoms with Gasteiger partial charge in [0.1, 0.15) is 17.2 Å². The number of carbonyl (C=O) groups is 1. The minimum Gasteiger partial charge on any atom is -0.477 e. The first kappa shape index (κ1) is 23.2. The van der Waals surface area contributed by atoms with Gasteiger partial charge in [0, 0.05) is 44.3 Å². The lowest BCUT2D eigenvalue weighted by atomic mass is 10.1. The van der Waals surface area contributed by atoms with Gasteiger partial charge in [0.05, 0.1) is 28.1 Å². The molecule has 5 rings (SSSR count). The maximum atomic E-state index is 15.1. The maximum absolute atomic E-state index is 15.1. The van der Waals surface area contributed by atoms with E-state index in [1.807, 2.05) is 11.8 Å². The third-order valence-corrected chi connectivity index (χ3v) is 7.21. The molecule has 3 heterocycles. The van der Waals surface area contributed by atoms with E-state index in [1.54, 1.807) is 16.7 Å². The van der Waals surface area contributed by atoms with Crippen molar-refractivity contribution in [2.45, 2.75) is 13.5 Å². The van der Waals surface area contributed by atoms with Crippen molar-refractivity contribution in [2.75, 3.05) is 43.1 Å². The molecule has 0 saturated carbocycles. The summed E-state index contributed by atoms with van der Waals surface area (Å²) in [5.74, 6) is -2.16. The zero-order valence-corrected chi connectivity index (χ0v) is 19.7. The van der Waals surface area contributed by atoms with Crippen LogP contribution in [0, 0.1) is 11.6 Å². The van der Waals surface area contributed by atoms with Crippen molar-refractivity contribution in [3.8, 4) is 0 Å². The van der Waals surface area contributed by atoms with Crippen LogP contribution in [0.15, 0.2) is 41.3 Å². The lowest BCUT2D eigenvalue weighted by Crippen LogP contribution is -2.48. The first-order chi connectivity index (χ1) is 16.8. The Balaban J connectivity index is 1.30. The summed E-state index contributed by atoms with van der Waals surface area (Å²) in [7, 11) is 0. The second-order valence-electron chi connectivity index (χ2n) is 8.35. The van der Waals surface area contributed by atoms with Gasteiger partial charge < -0.3 is 19.9 Å². The monoisotopic (exact) mass is 499 g/mol. The predicted molar refractivity (Wildman–Crippen MR) is 133 cm³/mol. The largest absolute Gasteiger partial charge is 0.477 e. The summed E-state index contributed by atoms with van der Waals surface area (Å²) in [6.07, 6.45) is 1.31. The van der Waals surface area contributed by atoms with Crippen molar-refractivity contribution in [3.63, 3.8) is 0 Å². The van der Waals surface area contributed by atoms with Crippen molar-refractivity contribution in [2.24, 2.45) is 0 Å². The van der Waals surface area contributed by atoms with Gasteiger partial charge in [0.15, 0.2) is 5.13 Å². The Morgan fingerprint density at radius 1 is 1.17 bits per heavy atom. The molecule has 0 radical (unpaired) electrons. The van der Waals surface area contributed by atoms with E-state index in [2.05, 4.69) is 15.2 Å². The molecule has 0 spiro atoms. The number of carboxylic acid groups (broad SMARTS) is 1. The summed E-state index contributed by atoms with van der Waals surface area (Å²) in [5.41, 5.74) is 0.594. The van der Waals surface area contributed by atoms with Crippen LogP contribution in [0.3, 0.4) is 0 Å². The normalized spacial score (nSPS) is 14.7. The average Bonchev–Trinajstić information content (AvgIpc) is 3.25. The highest BCUT2D eigenvalue weighted by Crippen LogP contribution is 2.28. The molecule has 11 heteroatoms. The van der Waals surface area contributed by atoms with Gasteiger partial charge in [0.25, 0.3) is 0 Å². The highest BCUT2D eigenvalue weighted by molar-refractivity contribution is 7.22. The number of hydrogen-bond donors (Lipinski definition) is 2. The molecule has 1 saturated heterocycles. The molecule has 1 fully saturated rings. The number of carboxylic acids is 1. The highest BCUT2D eigenvalue weighted by Gasteiger charge is 2.22. The fourth-order valence-electron chi connectivity index (χ4n) is 4.36. The molecule has 0 bridgehead atoms. The molecule has 1 aliphatic rings. The summed E-state index contributed by atoms with van der Waals surface area (Å²) in [5, 5.41) is 13.4. The zero-order valence-electron chi connectivity index (χ0n) is 18.9. The van der Waals surface area contributed by atoms with Crippen LogP contribution in [-0.2, 0) is 6.54 Å². The molecule has 35 heavy (non-hydrogen) atoms. The van der Waals surface area contributed by atoms with Crippen LogP contribution in [0.1, 0.15) is 17.3 Å². The topological polar surface area (TPSA) is 90.7 Å². The minimum absolute atomic E-state index is 0.0616. The standard InChI is InChI=1S/C24H23F2N5O3S/c1-2-30-12-16(23(33)34)22(32)15-10-17(26)20(11-19(15)30)31-7-5-29(6-8-31)13-27-24-28-18-4-3-14(25)9-21(18)35-24/h3-4,9-12H,2,5-8,13H2,1H3,(H,27,28)(H,33,34). The summed E-state index contributed by atoms with van der Waals surface area (Å²) in [6.45, 7) is 5.37. The van der Waals surface area contributed by atoms with E-state index < -0.39 is 17.2 Å². The van der Waals surface area contributed by atoms with Gasteiger partial charge in [-0.25, -0.2) is 18.6 Å². The van der Waals surface area contributed by atoms with E-state index in [0.29, 0.717) is 55.7 Å². The Morgan fingerprint density at radius 3 is 2.66 bits per heavy atom. The summed E-state index contributed by atoms with van der Waals surface area (Å²) in [4.78, 5) is 32.6. The molecule has 0 atom stereocenters. The number of benzene rings is 2. The first-order valence-corrected chi connectivity index (χ1v) is 12.0. The summed E-state index contributed by atoms with van der Waals surface area (Å²) < 4.78 is 30.9. The second-order valence-corrected chi connectivity index (χ2v) is 9.39. The van der Waals surface area contributed by atoms with Gasteiger partial charge in [-0.05, 0) is 37.3 Å². The minimum atomic E-state index is -1.33. The Kier molecular flexibility index (Phi) is 6.12. The Bertz CT molecular complexity index is 1490. The quantitative estimate of drug-likeness (QED) is 0.417. The lowest BCUT2D eigenvalue weighted by Gasteiger charge is -2.36. The van der Waals surface area contributed by atoms with Crippen molar-refractivity contribution < 1.29 is 18.7 Å². The number of nitrogens with zero attached hydrogens (tertiary/aromatic N) is 4. The number of pyridine rings is 1. The van der Waals surface area contributed by atoms with Crippen LogP contribution in [0.25, 0.3) is 21.1 Å². The van der Waals surface area contributed by atoms with Crippen molar-refractivity contribution in [1.82, 2.24) is 14.5 Å². The Morgan fingerprint density at radius 2 is 1.94 bits per heavy atom. The van der Waals surface area contributed by atoms with Crippen LogP contribution in [-0.4, -0.2) is 58.4 Å². The van der Waals surface area contributed by atoms with Crippen molar-refractivity contribution in [3.05, 3.63) is 63.9 Å². The summed E-state index contributed by atoms with van der Waals surface area (Å²) >= 11 is 1.39. The van der Waals surface area contributed by atoms with Gasteiger partial charge in [-0.1, -0.05) is 11.3 Å². The van der Waals surface area contributed by atoms with Crippen LogP contribution < -0.4 is 15.6 Å². The molecule has 2 N–H and O–H groups in total. The first-order valence-electron chi connectivity index (χ1n) is 11.2. The average molecular weight is 500 g/mol. The molecule has 1 aliphatic heterocycles. The number of hydrogen-bond acceptors (Lipinski definition) is 7. The molecular formula is C24H23F2N5O3S. The number of anilines is 2. The lowest BCUT2D eigenvalue weighted by molar-refractivity contribution is 0.0695. The fourth-order valence-corrected chi connectivity index (χ4v) is 5.23. The number of aromatic carboxylic acids is 1. The maximum Gasteiger partial charge on any atom is 0.341 e.